The summed E-state index contributed by atoms with van der Waals surface area (Å²) >= 11 is 0. The first-order chi connectivity index (χ1) is 15.8. The predicted octanol–water partition coefficient (Wildman–Crippen LogP) is 4.12. The second-order valence-corrected chi connectivity index (χ2v) is 11.9. The summed E-state index contributed by atoms with van der Waals surface area (Å²) in [5.41, 5.74) is 3.60. The zero-order valence-corrected chi connectivity index (χ0v) is 23.1. The van der Waals surface area contributed by atoms with Crippen LogP contribution < -0.4 is 16.2 Å². The number of amides is 1. The average molecular weight is 485 g/mol. The highest BCUT2D eigenvalue weighted by Gasteiger charge is 2.52. The Balaban J connectivity index is 0.000000679. The van der Waals surface area contributed by atoms with Crippen LogP contribution in [0.15, 0.2) is 0 Å². The van der Waals surface area contributed by atoms with Crippen LogP contribution in [0.3, 0.4) is 0 Å². The molecule has 0 unspecified atom stereocenters. The number of carbonyl (C=O) groups excluding carboxylic acids is 2. The monoisotopic (exact) mass is 484 g/mol. The van der Waals surface area contributed by atoms with E-state index in [1.165, 1.54) is 83.5 Å². The molecule has 0 saturated carbocycles. The molecule has 0 aliphatic carbocycles. The van der Waals surface area contributed by atoms with Crippen molar-refractivity contribution in [1.29, 1.82) is 0 Å². The number of unbranched alkanes of at least 4 members (excludes halogenated alkanes) is 14. The third kappa shape index (κ3) is 17.3. The molecular formula is C28H56N2O4. The number of carboxylic acid groups (broad SMARTS) is 1. The van der Waals surface area contributed by atoms with Gasteiger partial charge in [0.2, 0.25) is 5.91 Å². The highest BCUT2D eigenvalue weighted by molar-refractivity contribution is 5.83. The van der Waals surface area contributed by atoms with Gasteiger partial charge in [-0.05, 0) is 40.5 Å². The summed E-state index contributed by atoms with van der Waals surface area (Å²) in [6, 6.07) is 0. The number of aliphatic carboxylic acids is 1. The Bertz CT molecular complexity index is 545. The van der Waals surface area contributed by atoms with Crippen LogP contribution in [0.2, 0.25) is 0 Å². The molecule has 0 radical (unpaired) electrons. The number of aliphatic hydroxyl groups is 1. The van der Waals surface area contributed by atoms with E-state index in [2.05, 4.69) is 12.2 Å². The van der Waals surface area contributed by atoms with Gasteiger partial charge in [-0.25, -0.2) is 0 Å². The van der Waals surface area contributed by atoms with Crippen molar-refractivity contribution in [3.63, 3.8) is 0 Å². The molecule has 0 atom stereocenters. The highest BCUT2D eigenvalue weighted by Crippen LogP contribution is 2.30. The Morgan fingerprint density at radius 3 is 1.35 bits per heavy atom. The molecule has 1 saturated heterocycles. The first-order valence-electron chi connectivity index (χ1n) is 13.9. The van der Waals surface area contributed by atoms with Gasteiger partial charge in [0.25, 0.3) is 0 Å². The zero-order chi connectivity index (χ0) is 26.1. The van der Waals surface area contributed by atoms with Gasteiger partial charge in [-0.2, -0.15) is 0 Å². The molecule has 0 aromatic heterocycles. The first-order valence-corrected chi connectivity index (χ1v) is 13.9. The molecule has 34 heavy (non-hydrogen) atoms. The van der Waals surface area contributed by atoms with Crippen molar-refractivity contribution in [2.75, 3.05) is 0 Å². The van der Waals surface area contributed by atoms with Crippen molar-refractivity contribution in [1.82, 2.24) is 0 Å². The Labute approximate surface area is 209 Å². The fourth-order valence-electron chi connectivity index (χ4n) is 5.54. The summed E-state index contributed by atoms with van der Waals surface area (Å²) in [5, 5.41) is 22.5. The lowest BCUT2D eigenvalue weighted by Gasteiger charge is -2.45. The van der Waals surface area contributed by atoms with Crippen LogP contribution >= 0.6 is 0 Å². The summed E-state index contributed by atoms with van der Waals surface area (Å²) in [4.78, 5) is 21.4. The Morgan fingerprint density at radius 2 is 1.06 bits per heavy atom. The Hall–Kier alpha value is -1.14. The number of rotatable bonds is 17. The maximum Gasteiger partial charge on any atom is 0.249 e. The molecule has 5 N–H and O–H groups in total. The number of hydrogen-bond acceptors (Lipinski definition) is 4. The fraction of sp³-hybridized carbons (Fsp3) is 0.929. The van der Waals surface area contributed by atoms with Crippen LogP contribution in [0.4, 0.5) is 0 Å². The third-order valence-corrected chi connectivity index (χ3v) is 6.72. The van der Waals surface area contributed by atoms with Crippen molar-refractivity contribution in [3.8, 4) is 0 Å². The van der Waals surface area contributed by atoms with Gasteiger partial charge in [0, 0.05) is 18.8 Å². The van der Waals surface area contributed by atoms with Gasteiger partial charge in [-0.15, -0.1) is 0 Å². The minimum Gasteiger partial charge on any atom is -0.550 e. The van der Waals surface area contributed by atoms with Gasteiger partial charge in [0.1, 0.15) is 0 Å². The zero-order valence-electron chi connectivity index (χ0n) is 23.1. The van der Waals surface area contributed by atoms with Gasteiger partial charge in [-0.1, -0.05) is 96.8 Å². The van der Waals surface area contributed by atoms with Crippen molar-refractivity contribution in [2.45, 2.75) is 167 Å². The Morgan fingerprint density at radius 1 is 0.735 bits per heavy atom. The molecule has 1 heterocycles. The third-order valence-electron chi connectivity index (χ3n) is 6.72. The summed E-state index contributed by atoms with van der Waals surface area (Å²) in [6.45, 7) is 10.3. The quantitative estimate of drug-likeness (QED) is 0.269. The molecule has 6 heteroatoms. The van der Waals surface area contributed by atoms with Gasteiger partial charge >= 0.3 is 0 Å². The van der Waals surface area contributed by atoms with E-state index in [1.807, 2.05) is 27.7 Å². The lowest BCUT2D eigenvalue weighted by molar-refractivity contribution is -0.791. The minimum absolute atomic E-state index is 0.147. The van der Waals surface area contributed by atoms with Gasteiger partial charge < -0.3 is 26.1 Å². The van der Waals surface area contributed by atoms with Crippen molar-refractivity contribution >= 4 is 11.9 Å². The number of hydrogen-bond donors (Lipinski definition) is 3. The number of nitrogens with two attached hydrogens (primary N) is 2. The lowest BCUT2D eigenvalue weighted by Crippen LogP contribution is -3.07. The first kappa shape index (κ1) is 32.9. The Kier molecular flexibility index (Phi) is 16.7. The molecule has 0 spiro atoms. The van der Waals surface area contributed by atoms with Gasteiger partial charge in [-0.3, -0.25) is 4.79 Å². The minimum atomic E-state index is -1.35. The molecular weight excluding hydrogens is 428 g/mol. The topological polar surface area (TPSA) is 120 Å². The van der Waals surface area contributed by atoms with Crippen LogP contribution in [-0.4, -0.2) is 33.7 Å². The summed E-state index contributed by atoms with van der Waals surface area (Å²) < 4.78 is 0. The molecule has 1 amide bonds. The van der Waals surface area contributed by atoms with E-state index in [0.29, 0.717) is 12.8 Å². The standard InChI is InChI=1S/C18H36O2.C10H20N2O2/c1-2-3-4-5-6-7-8-9-10-11-12-13-14-15-16-17-18(19)20;1-8(2)5-10(14,7(11)13)6-9(3,4)12-8/h2-17H2,1H3,(H,19,20);12,14H,5-6H2,1-4H3,(H2,11,13). The SMILES string of the molecule is CC1(C)CC(O)(C(N)=O)CC(C)(C)[NH2+]1.CCCCCCCCCCCCCCCCCC(=O)[O-]. The molecule has 1 aliphatic rings. The van der Waals surface area contributed by atoms with Crippen LogP contribution in [0.5, 0.6) is 0 Å². The number of quaternary nitrogens is 1. The number of carboxylic acids is 1. The highest BCUT2D eigenvalue weighted by atomic mass is 16.4. The smallest absolute Gasteiger partial charge is 0.249 e. The predicted molar refractivity (Wildman–Crippen MR) is 138 cm³/mol. The van der Waals surface area contributed by atoms with E-state index in [1.54, 1.807) is 0 Å². The molecule has 6 nitrogen and oxygen atoms in total. The van der Waals surface area contributed by atoms with Gasteiger partial charge in [0.15, 0.2) is 5.60 Å². The maximum atomic E-state index is 11.2. The molecule has 1 rings (SSSR count). The molecule has 0 aromatic rings. The summed E-state index contributed by atoms with van der Waals surface area (Å²) in [5.74, 6) is -1.51. The van der Waals surface area contributed by atoms with Gasteiger partial charge in [0.05, 0.1) is 11.1 Å². The van der Waals surface area contributed by atoms with Crippen LogP contribution in [0.1, 0.15) is 150 Å². The molecule has 202 valence electrons. The van der Waals surface area contributed by atoms with E-state index >= 15 is 0 Å². The normalized spacial score (nSPS) is 18.1. The summed E-state index contributed by atoms with van der Waals surface area (Å²) in [7, 11) is 0. The van der Waals surface area contributed by atoms with Crippen LogP contribution in [0.25, 0.3) is 0 Å². The number of piperidine rings is 1. The van der Waals surface area contributed by atoms with E-state index in [9.17, 15) is 19.8 Å². The van der Waals surface area contributed by atoms with E-state index in [4.69, 9.17) is 5.73 Å². The van der Waals surface area contributed by atoms with E-state index in [0.717, 1.165) is 12.8 Å². The maximum absolute atomic E-state index is 11.2. The van der Waals surface area contributed by atoms with Crippen LogP contribution in [0, 0.1) is 0 Å². The number of primary amides is 1. The second-order valence-electron chi connectivity index (χ2n) is 11.9. The average Bonchev–Trinajstić information content (AvgIpc) is 2.68. The van der Waals surface area contributed by atoms with E-state index < -0.39 is 17.5 Å². The lowest BCUT2D eigenvalue weighted by atomic mass is 9.72. The fourth-order valence-corrected chi connectivity index (χ4v) is 5.54. The van der Waals surface area contributed by atoms with E-state index in [-0.39, 0.29) is 17.5 Å². The van der Waals surface area contributed by atoms with Crippen LogP contribution in [-0.2, 0) is 9.59 Å². The van der Waals surface area contributed by atoms with Crippen molar-refractivity contribution in [3.05, 3.63) is 0 Å². The largest absolute Gasteiger partial charge is 0.550 e. The summed E-state index contributed by atoms with van der Waals surface area (Å²) in [6.07, 6.45) is 20.7. The molecule has 1 fully saturated rings. The molecule has 1 aliphatic heterocycles. The molecule has 0 aromatic carbocycles. The second kappa shape index (κ2) is 17.3. The number of carbonyl (C=O) groups is 2. The van der Waals surface area contributed by atoms with Crippen molar-refractivity contribution < 1.29 is 25.1 Å². The molecule has 0 bridgehead atoms. The van der Waals surface area contributed by atoms with Crippen molar-refractivity contribution in [2.24, 2.45) is 5.73 Å².